The van der Waals surface area contributed by atoms with Crippen molar-refractivity contribution in [3.8, 4) is 0 Å². The average Bonchev–Trinajstić information content (AvgIpc) is 2.61. The second kappa shape index (κ2) is 9.23. The molecule has 2 rings (SSSR count). The fraction of sp³-hybridized carbons (Fsp3) is 0.300. The second-order valence-corrected chi connectivity index (χ2v) is 6.33. The number of aryl methyl sites for hydroxylation is 1. The number of halogens is 1. The van der Waals surface area contributed by atoms with Gasteiger partial charge in [0.05, 0.1) is 16.6 Å². The summed E-state index contributed by atoms with van der Waals surface area (Å²) in [6, 6.07) is 14.9. The summed E-state index contributed by atoms with van der Waals surface area (Å²) in [6.45, 7) is 4.33. The van der Waals surface area contributed by atoms with Gasteiger partial charge in [-0.1, -0.05) is 60.5 Å². The van der Waals surface area contributed by atoms with Crippen molar-refractivity contribution >= 4 is 23.4 Å². The van der Waals surface area contributed by atoms with Crippen LogP contribution < -0.4 is 10.6 Å². The molecule has 0 spiro atoms. The van der Waals surface area contributed by atoms with Crippen molar-refractivity contribution in [1.29, 1.82) is 0 Å². The van der Waals surface area contributed by atoms with Crippen LogP contribution in [0.3, 0.4) is 0 Å². The summed E-state index contributed by atoms with van der Waals surface area (Å²) in [5.41, 5.74) is 2.68. The summed E-state index contributed by atoms with van der Waals surface area (Å²) < 4.78 is 0. The molecule has 2 amide bonds. The van der Waals surface area contributed by atoms with Crippen LogP contribution in [0, 0.1) is 6.92 Å². The molecule has 0 aliphatic rings. The molecule has 0 fully saturated rings. The smallest absolute Gasteiger partial charge is 0.252 e. The molecular formula is C20H23ClN2O2. The van der Waals surface area contributed by atoms with Crippen LogP contribution in [-0.2, 0) is 4.79 Å². The molecule has 0 bridgehead atoms. The summed E-state index contributed by atoms with van der Waals surface area (Å²) >= 11 is 5.99. The van der Waals surface area contributed by atoms with Gasteiger partial charge in [-0.3, -0.25) is 9.59 Å². The molecule has 0 saturated heterocycles. The van der Waals surface area contributed by atoms with Crippen LogP contribution in [0.4, 0.5) is 0 Å². The van der Waals surface area contributed by atoms with E-state index in [0.29, 0.717) is 10.6 Å². The predicted octanol–water partition coefficient (Wildman–Crippen LogP) is 4.04. The van der Waals surface area contributed by atoms with Crippen LogP contribution in [0.15, 0.2) is 48.5 Å². The number of carbonyl (C=O) groups excluding carboxylic acids is 2. The number of rotatable bonds is 7. The molecule has 5 heteroatoms. The first-order valence-electron chi connectivity index (χ1n) is 8.40. The van der Waals surface area contributed by atoms with Gasteiger partial charge < -0.3 is 10.6 Å². The third kappa shape index (κ3) is 5.61. The van der Waals surface area contributed by atoms with Crippen LogP contribution in [0.2, 0.25) is 5.02 Å². The molecule has 0 aromatic heterocycles. The lowest BCUT2D eigenvalue weighted by Crippen LogP contribution is -2.32. The standard InChI is InChI=1S/C20H23ClN2O2/c1-3-18(15-10-8-14(2)9-11-15)23-19(24)12-13-22-20(25)16-6-4-5-7-17(16)21/h4-11,18H,3,12-13H2,1-2H3,(H,22,25)(H,23,24)/t18-/m1/s1. The Labute approximate surface area is 153 Å². The van der Waals surface area contributed by atoms with Gasteiger partial charge in [-0.15, -0.1) is 0 Å². The predicted molar refractivity (Wildman–Crippen MR) is 101 cm³/mol. The summed E-state index contributed by atoms with van der Waals surface area (Å²) in [5.74, 6) is -0.365. The van der Waals surface area contributed by atoms with Crippen molar-refractivity contribution in [2.45, 2.75) is 32.7 Å². The van der Waals surface area contributed by atoms with Gasteiger partial charge in [-0.2, -0.15) is 0 Å². The summed E-state index contributed by atoms with van der Waals surface area (Å²) in [4.78, 5) is 24.2. The van der Waals surface area contributed by atoms with Crippen molar-refractivity contribution in [2.75, 3.05) is 6.54 Å². The maximum atomic E-state index is 12.1. The Morgan fingerprint density at radius 2 is 1.76 bits per heavy atom. The van der Waals surface area contributed by atoms with Crippen molar-refractivity contribution < 1.29 is 9.59 Å². The zero-order valence-corrected chi connectivity index (χ0v) is 15.3. The second-order valence-electron chi connectivity index (χ2n) is 5.92. The van der Waals surface area contributed by atoms with Gasteiger partial charge >= 0.3 is 0 Å². The molecule has 2 N–H and O–H groups in total. The van der Waals surface area contributed by atoms with Gasteiger partial charge in [0.15, 0.2) is 0 Å². The van der Waals surface area contributed by atoms with E-state index in [0.717, 1.165) is 12.0 Å². The Hall–Kier alpha value is -2.33. The highest BCUT2D eigenvalue weighted by Crippen LogP contribution is 2.17. The van der Waals surface area contributed by atoms with E-state index >= 15 is 0 Å². The van der Waals surface area contributed by atoms with Gasteiger partial charge in [0.25, 0.3) is 5.91 Å². The van der Waals surface area contributed by atoms with Crippen molar-refractivity contribution in [3.05, 3.63) is 70.2 Å². The quantitative estimate of drug-likeness (QED) is 0.784. The number of amides is 2. The van der Waals surface area contributed by atoms with Gasteiger partial charge in [-0.25, -0.2) is 0 Å². The molecule has 4 nitrogen and oxygen atoms in total. The molecule has 0 saturated carbocycles. The molecule has 0 aliphatic heterocycles. The molecule has 25 heavy (non-hydrogen) atoms. The third-order valence-electron chi connectivity index (χ3n) is 3.98. The third-order valence-corrected chi connectivity index (χ3v) is 4.31. The van der Waals surface area contributed by atoms with E-state index in [2.05, 4.69) is 10.6 Å². The molecule has 0 unspecified atom stereocenters. The topological polar surface area (TPSA) is 58.2 Å². The van der Waals surface area contributed by atoms with Crippen molar-refractivity contribution in [1.82, 2.24) is 10.6 Å². The van der Waals surface area contributed by atoms with E-state index in [9.17, 15) is 9.59 Å². The van der Waals surface area contributed by atoms with Gasteiger partial charge in [0, 0.05) is 13.0 Å². The number of hydrogen-bond donors (Lipinski definition) is 2. The Bertz CT molecular complexity index is 729. The largest absolute Gasteiger partial charge is 0.351 e. The SMILES string of the molecule is CC[C@@H](NC(=O)CCNC(=O)c1ccccc1Cl)c1ccc(C)cc1. The number of nitrogens with one attached hydrogen (secondary N) is 2. The van der Waals surface area contributed by atoms with Crippen LogP contribution >= 0.6 is 11.6 Å². The summed E-state index contributed by atoms with van der Waals surface area (Å²) in [6.07, 6.45) is 1.03. The highest BCUT2D eigenvalue weighted by atomic mass is 35.5. The van der Waals surface area contributed by atoms with Crippen molar-refractivity contribution in [2.24, 2.45) is 0 Å². The van der Waals surface area contributed by atoms with Gasteiger partial charge in [0.1, 0.15) is 0 Å². The van der Waals surface area contributed by atoms with E-state index in [4.69, 9.17) is 11.6 Å². The van der Waals surface area contributed by atoms with Crippen LogP contribution in [0.1, 0.15) is 47.3 Å². The molecule has 2 aromatic carbocycles. The van der Waals surface area contributed by atoms with Crippen LogP contribution in [0.25, 0.3) is 0 Å². The van der Waals surface area contributed by atoms with E-state index in [-0.39, 0.29) is 30.8 Å². The molecule has 2 aromatic rings. The maximum Gasteiger partial charge on any atom is 0.252 e. The Morgan fingerprint density at radius 3 is 2.40 bits per heavy atom. The highest BCUT2D eigenvalue weighted by molar-refractivity contribution is 6.33. The normalized spacial score (nSPS) is 11.6. The zero-order valence-electron chi connectivity index (χ0n) is 14.5. The Kier molecular flexibility index (Phi) is 7.02. The van der Waals surface area contributed by atoms with E-state index in [1.54, 1.807) is 24.3 Å². The van der Waals surface area contributed by atoms with Gasteiger partial charge in [-0.05, 0) is 31.0 Å². The minimum atomic E-state index is -0.274. The van der Waals surface area contributed by atoms with Gasteiger partial charge in [0.2, 0.25) is 5.91 Å². The van der Waals surface area contributed by atoms with Crippen molar-refractivity contribution in [3.63, 3.8) is 0 Å². The minimum Gasteiger partial charge on any atom is -0.351 e. The van der Waals surface area contributed by atoms with Crippen LogP contribution in [-0.4, -0.2) is 18.4 Å². The Morgan fingerprint density at radius 1 is 1.08 bits per heavy atom. The summed E-state index contributed by atoms with van der Waals surface area (Å²) in [7, 11) is 0. The fourth-order valence-corrected chi connectivity index (χ4v) is 2.74. The first kappa shape index (κ1) is 19.0. The lowest BCUT2D eigenvalue weighted by Gasteiger charge is -2.18. The first-order chi connectivity index (χ1) is 12.0. The summed E-state index contributed by atoms with van der Waals surface area (Å²) in [5, 5.41) is 6.13. The first-order valence-corrected chi connectivity index (χ1v) is 8.77. The minimum absolute atomic E-state index is 0.0210. The fourth-order valence-electron chi connectivity index (χ4n) is 2.52. The molecule has 132 valence electrons. The molecule has 0 aliphatic carbocycles. The van der Waals surface area contributed by atoms with Crippen LogP contribution in [0.5, 0.6) is 0 Å². The van der Waals surface area contributed by atoms with E-state index < -0.39 is 0 Å². The van der Waals surface area contributed by atoms with E-state index in [1.807, 2.05) is 38.1 Å². The zero-order chi connectivity index (χ0) is 18.2. The Balaban J connectivity index is 1.82. The number of carbonyl (C=O) groups is 2. The average molecular weight is 359 g/mol. The molecule has 0 radical (unpaired) electrons. The monoisotopic (exact) mass is 358 g/mol. The molecular weight excluding hydrogens is 336 g/mol. The lowest BCUT2D eigenvalue weighted by atomic mass is 10.0. The lowest BCUT2D eigenvalue weighted by molar-refractivity contribution is -0.121. The molecule has 1 atom stereocenters. The highest BCUT2D eigenvalue weighted by Gasteiger charge is 2.13. The molecule has 0 heterocycles. The number of hydrogen-bond acceptors (Lipinski definition) is 2. The maximum absolute atomic E-state index is 12.1. The van der Waals surface area contributed by atoms with E-state index in [1.165, 1.54) is 5.56 Å². The number of benzene rings is 2.